The number of hydrogen-bond acceptors (Lipinski definition) is 6. The van der Waals surface area contributed by atoms with Crippen LogP contribution < -0.4 is 10.9 Å². The largest absolute Gasteiger partial charge is 0.288 e. The molecule has 0 radical (unpaired) electrons. The molecule has 0 spiro atoms. The van der Waals surface area contributed by atoms with Gasteiger partial charge < -0.3 is 0 Å². The summed E-state index contributed by atoms with van der Waals surface area (Å²) in [5.74, 6) is -0.663. The molecule has 23 heavy (non-hydrogen) atoms. The van der Waals surface area contributed by atoms with Gasteiger partial charge in [-0.15, -0.1) is 5.10 Å². The standard InChI is InChI=1S/C14H9N7O2/c22-12(16-14-17-19-20-18-14)9-7-15-11-6-5-8-3-1-2-4-10(8)21(11)13(9)23/h1-7H,(H2,16,17,18,19,20,22). The number of nitrogens with one attached hydrogen (secondary N) is 2. The Balaban J connectivity index is 1.92. The van der Waals surface area contributed by atoms with Crippen molar-refractivity contribution in [1.29, 1.82) is 0 Å². The third-order valence-electron chi connectivity index (χ3n) is 3.39. The average molecular weight is 307 g/mol. The molecule has 0 saturated carbocycles. The number of tetrazole rings is 1. The summed E-state index contributed by atoms with van der Waals surface area (Å²) in [6.07, 6.45) is 1.24. The van der Waals surface area contributed by atoms with Crippen molar-refractivity contribution in [2.45, 2.75) is 0 Å². The highest BCUT2D eigenvalue weighted by Crippen LogP contribution is 2.14. The summed E-state index contributed by atoms with van der Waals surface area (Å²) in [6.45, 7) is 0. The van der Waals surface area contributed by atoms with Gasteiger partial charge in [-0.05, 0) is 28.8 Å². The van der Waals surface area contributed by atoms with Crippen LogP contribution in [0.2, 0.25) is 0 Å². The molecule has 9 nitrogen and oxygen atoms in total. The number of nitrogens with zero attached hydrogens (tertiary/aromatic N) is 5. The lowest BCUT2D eigenvalue weighted by molar-refractivity contribution is 0.102. The second-order valence-corrected chi connectivity index (χ2v) is 4.75. The van der Waals surface area contributed by atoms with Crippen molar-refractivity contribution in [3.8, 4) is 0 Å². The molecule has 9 heteroatoms. The Kier molecular flexibility index (Phi) is 2.83. The third-order valence-corrected chi connectivity index (χ3v) is 3.39. The second-order valence-electron chi connectivity index (χ2n) is 4.75. The number of pyridine rings is 1. The van der Waals surface area contributed by atoms with Crippen LogP contribution in [0.3, 0.4) is 0 Å². The zero-order valence-electron chi connectivity index (χ0n) is 11.6. The summed E-state index contributed by atoms with van der Waals surface area (Å²) in [7, 11) is 0. The number of rotatable bonds is 2. The van der Waals surface area contributed by atoms with Crippen LogP contribution in [0.15, 0.2) is 47.4 Å². The number of carbonyl (C=O) groups excluding carboxylic acids is 1. The summed E-state index contributed by atoms with van der Waals surface area (Å²) < 4.78 is 1.40. The predicted molar refractivity (Wildman–Crippen MR) is 81.1 cm³/mol. The summed E-state index contributed by atoms with van der Waals surface area (Å²) in [6, 6.07) is 11.0. The number of amides is 1. The van der Waals surface area contributed by atoms with Crippen LogP contribution in [0.25, 0.3) is 16.6 Å². The highest BCUT2D eigenvalue weighted by atomic mass is 16.2. The SMILES string of the molecule is O=C(Nc1nn[nH]n1)c1cnc2ccc3ccccc3n2c1=O. The zero-order chi connectivity index (χ0) is 15.8. The molecule has 0 aliphatic rings. The molecule has 0 atom stereocenters. The normalized spacial score (nSPS) is 11.0. The van der Waals surface area contributed by atoms with Gasteiger partial charge in [0.2, 0.25) is 0 Å². The van der Waals surface area contributed by atoms with E-state index in [1.807, 2.05) is 24.3 Å². The first kappa shape index (κ1) is 13.1. The van der Waals surface area contributed by atoms with Crippen molar-refractivity contribution in [3.63, 3.8) is 0 Å². The number of fused-ring (bicyclic) bond motifs is 3. The molecular formula is C14H9N7O2. The molecule has 0 unspecified atom stereocenters. The molecule has 0 fully saturated rings. The van der Waals surface area contributed by atoms with Crippen molar-refractivity contribution in [1.82, 2.24) is 30.0 Å². The van der Waals surface area contributed by atoms with Gasteiger partial charge in [0.05, 0.1) is 5.52 Å². The number of para-hydroxylation sites is 1. The first-order valence-electron chi connectivity index (χ1n) is 6.68. The van der Waals surface area contributed by atoms with Crippen LogP contribution in [-0.2, 0) is 0 Å². The average Bonchev–Trinajstić information content (AvgIpc) is 3.07. The second kappa shape index (κ2) is 4.98. The van der Waals surface area contributed by atoms with Gasteiger partial charge in [0.15, 0.2) is 0 Å². The number of aromatic amines is 1. The van der Waals surface area contributed by atoms with Gasteiger partial charge in [-0.2, -0.15) is 5.21 Å². The third kappa shape index (κ3) is 2.11. The number of hydrogen-bond donors (Lipinski definition) is 2. The van der Waals surface area contributed by atoms with Crippen LogP contribution >= 0.6 is 0 Å². The van der Waals surface area contributed by atoms with Crippen molar-refractivity contribution < 1.29 is 4.79 Å². The number of H-pyrrole nitrogens is 1. The fourth-order valence-corrected chi connectivity index (χ4v) is 2.35. The van der Waals surface area contributed by atoms with E-state index in [1.165, 1.54) is 10.6 Å². The van der Waals surface area contributed by atoms with Crippen molar-refractivity contribution in [2.24, 2.45) is 0 Å². The molecule has 3 heterocycles. The Morgan fingerprint density at radius 3 is 2.87 bits per heavy atom. The van der Waals surface area contributed by atoms with Gasteiger partial charge >= 0.3 is 0 Å². The highest BCUT2D eigenvalue weighted by molar-refractivity contribution is 6.03. The lowest BCUT2D eigenvalue weighted by Crippen LogP contribution is -2.27. The minimum absolute atomic E-state index is 0.0163. The number of aromatic nitrogens is 6. The lowest BCUT2D eigenvalue weighted by Gasteiger charge is -2.07. The quantitative estimate of drug-likeness (QED) is 0.524. The molecule has 0 bridgehead atoms. The summed E-state index contributed by atoms with van der Waals surface area (Å²) >= 11 is 0. The van der Waals surface area contributed by atoms with Crippen LogP contribution in [-0.4, -0.2) is 35.9 Å². The fourth-order valence-electron chi connectivity index (χ4n) is 2.35. The Morgan fingerprint density at radius 1 is 1.17 bits per heavy atom. The van der Waals surface area contributed by atoms with Gasteiger partial charge in [-0.25, -0.2) is 4.98 Å². The minimum atomic E-state index is -0.647. The van der Waals surface area contributed by atoms with E-state index in [9.17, 15) is 9.59 Å². The predicted octanol–water partition coefficient (Wildman–Crippen LogP) is 0.613. The van der Waals surface area contributed by atoms with Crippen LogP contribution in [0.5, 0.6) is 0 Å². The Morgan fingerprint density at radius 2 is 2.04 bits per heavy atom. The summed E-state index contributed by atoms with van der Waals surface area (Å²) in [5.41, 5.74) is 0.568. The minimum Gasteiger partial charge on any atom is -0.288 e. The molecule has 112 valence electrons. The molecule has 4 aromatic rings. The van der Waals surface area contributed by atoms with E-state index in [4.69, 9.17) is 0 Å². The van der Waals surface area contributed by atoms with Crippen molar-refractivity contribution in [2.75, 3.05) is 5.32 Å². The van der Waals surface area contributed by atoms with Crippen molar-refractivity contribution in [3.05, 3.63) is 58.5 Å². The van der Waals surface area contributed by atoms with Gasteiger partial charge in [0.1, 0.15) is 11.2 Å². The molecule has 4 rings (SSSR count). The highest BCUT2D eigenvalue weighted by Gasteiger charge is 2.16. The molecule has 2 N–H and O–H groups in total. The molecule has 0 aliphatic carbocycles. The van der Waals surface area contributed by atoms with Gasteiger partial charge in [0.25, 0.3) is 17.4 Å². The van der Waals surface area contributed by atoms with Gasteiger partial charge in [0, 0.05) is 6.20 Å². The first-order chi connectivity index (χ1) is 11.2. The first-order valence-corrected chi connectivity index (χ1v) is 6.68. The lowest BCUT2D eigenvalue weighted by atomic mass is 10.2. The van der Waals surface area contributed by atoms with E-state index < -0.39 is 11.5 Å². The molecular weight excluding hydrogens is 298 g/mol. The Labute approximate surface area is 128 Å². The summed E-state index contributed by atoms with van der Waals surface area (Å²) in [4.78, 5) is 29.1. The van der Waals surface area contributed by atoms with E-state index >= 15 is 0 Å². The van der Waals surface area contributed by atoms with Crippen LogP contribution in [0.4, 0.5) is 5.95 Å². The molecule has 3 aromatic heterocycles. The molecule has 0 aliphatic heterocycles. The van der Waals surface area contributed by atoms with E-state index in [0.717, 1.165) is 5.39 Å². The van der Waals surface area contributed by atoms with Crippen LogP contribution in [0, 0.1) is 0 Å². The maximum Gasteiger partial charge on any atom is 0.271 e. The maximum absolute atomic E-state index is 12.7. The Hall–Kier alpha value is -3.62. The van der Waals surface area contributed by atoms with Crippen molar-refractivity contribution >= 4 is 28.4 Å². The Bertz CT molecular complexity index is 1090. The van der Waals surface area contributed by atoms with E-state index in [0.29, 0.717) is 11.2 Å². The van der Waals surface area contributed by atoms with E-state index in [2.05, 4.69) is 30.9 Å². The smallest absolute Gasteiger partial charge is 0.271 e. The summed E-state index contributed by atoms with van der Waals surface area (Å²) in [5, 5.41) is 16.0. The van der Waals surface area contributed by atoms with E-state index in [1.54, 1.807) is 12.1 Å². The number of benzene rings is 1. The maximum atomic E-state index is 12.7. The molecule has 1 amide bonds. The monoisotopic (exact) mass is 307 g/mol. The molecule has 1 aromatic carbocycles. The van der Waals surface area contributed by atoms with Crippen LogP contribution in [0.1, 0.15) is 10.4 Å². The topological polar surface area (TPSA) is 118 Å². The number of anilines is 1. The number of carbonyl (C=O) groups is 1. The van der Waals surface area contributed by atoms with Gasteiger partial charge in [-0.1, -0.05) is 23.3 Å². The zero-order valence-corrected chi connectivity index (χ0v) is 11.6. The van der Waals surface area contributed by atoms with E-state index in [-0.39, 0.29) is 11.5 Å². The fraction of sp³-hybridized carbons (Fsp3) is 0. The van der Waals surface area contributed by atoms with Gasteiger partial charge in [-0.3, -0.25) is 19.3 Å². The molecule has 0 saturated heterocycles.